The zero-order chi connectivity index (χ0) is 18.8. The lowest BCUT2D eigenvalue weighted by Crippen LogP contribution is -2.70. The van der Waals surface area contributed by atoms with Crippen LogP contribution in [0.5, 0.6) is 0 Å². The van der Waals surface area contributed by atoms with Crippen LogP contribution >= 0.6 is 46.6 Å². The molecule has 0 saturated carbocycles. The Balaban J connectivity index is 2.07. The van der Waals surface area contributed by atoms with Gasteiger partial charge in [-0.05, 0) is 0 Å². The maximum absolute atomic E-state index is 12.3. The Morgan fingerprint density at radius 2 is 2.20 bits per heavy atom. The molecule has 2 atom stereocenters. The molecule has 25 heavy (non-hydrogen) atoms. The summed E-state index contributed by atoms with van der Waals surface area (Å²) in [5.74, 6) is -1.61. The van der Waals surface area contributed by atoms with Crippen LogP contribution in [0.3, 0.4) is 0 Å². The predicted octanol–water partition coefficient (Wildman–Crippen LogP) is 1.34. The Bertz CT molecular complexity index is 650. The van der Waals surface area contributed by atoms with Gasteiger partial charge in [0, 0.05) is 11.3 Å². The zero-order valence-corrected chi connectivity index (χ0v) is 15.7. The highest BCUT2D eigenvalue weighted by molar-refractivity contribution is 8.00. The largest absolute Gasteiger partial charge is 0.477 e. The number of fused-ring (bicyclic) bond motifs is 1. The van der Waals surface area contributed by atoms with Gasteiger partial charge in [-0.3, -0.25) is 9.69 Å². The highest BCUT2D eigenvalue weighted by Gasteiger charge is 2.54. The van der Waals surface area contributed by atoms with Crippen LogP contribution in [0.15, 0.2) is 16.4 Å². The molecule has 13 heteroatoms. The van der Waals surface area contributed by atoms with Crippen molar-refractivity contribution in [2.75, 3.05) is 19.5 Å². The maximum atomic E-state index is 12.3. The minimum absolute atomic E-state index is 0.206. The average Bonchev–Trinajstić information content (AvgIpc) is 2.54. The molecule has 0 aliphatic carbocycles. The zero-order valence-electron chi connectivity index (χ0n) is 12.6. The SMILES string of the molecule is CON=CC1=C(C(=O)O)N2C(=O)[C@@H](NC(=O)OCC(Cl)(Cl)Cl)[C@@H]2SC1. The smallest absolute Gasteiger partial charge is 0.408 e. The summed E-state index contributed by atoms with van der Waals surface area (Å²) in [5, 5.41) is 14.6. The van der Waals surface area contributed by atoms with Gasteiger partial charge in [-0.1, -0.05) is 40.0 Å². The topological polar surface area (TPSA) is 118 Å². The number of nitrogens with one attached hydrogen (secondary N) is 1. The fourth-order valence-corrected chi connectivity index (χ4v) is 3.64. The van der Waals surface area contributed by atoms with E-state index in [1.165, 1.54) is 25.1 Å². The van der Waals surface area contributed by atoms with Gasteiger partial charge in [0.15, 0.2) is 0 Å². The van der Waals surface area contributed by atoms with Gasteiger partial charge in [0.1, 0.15) is 30.8 Å². The summed E-state index contributed by atoms with van der Waals surface area (Å²) in [6.45, 7) is -0.496. The van der Waals surface area contributed by atoms with Crippen LogP contribution in [0.1, 0.15) is 0 Å². The van der Waals surface area contributed by atoms with Crippen LogP contribution in [-0.2, 0) is 19.2 Å². The molecule has 0 aromatic carbocycles. The predicted molar refractivity (Wildman–Crippen MR) is 91.8 cm³/mol. The van der Waals surface area contributed by atoms with Gasteiger partial charge < -0.3 is 20.0 Å². The molecule has 2 aliphatic rings. The number of carboxylic acid groups (broad SMARTS) is 1. The highest BCUT2D eigenvalue weighted by atomic mass is 35.6. The molecule has 0 bridgehead atoms. The molecule has 9 nitrogen and oxygen atoms in total. The van der Waals surface area contributed by atoms with E-state index in [9.17, 15) is 19.5 Å². The Kier molecular flexibility index (Phi) is 6.30. The third kappa shape index (κ3) is 4.63. The second kappa shape index (κ2) is 7.90. The number of aliphatic carboxylic acids is 1. The molecule has 2 aliphatic heterocycles. The number of β-lactam (4-membered cyclic amide) rings is 1. The summed E-state index contributed by atoms with van der Waals surface area (Å²) < 4.78 is 2.92. The van der Waals surface area contributed by atoms with E-state index in [1.807, 2.05) is 0 Å². The molecular formula is C12H12Cl3N3O6S. The quantitative estimate of drug-likeness (QED) is 0.291. The van der Waals surface area contributed by atoms with Crippen molar-refractivity contribution in [3.8, 4) is 0 Å². The molecular weight excluding hydrogens is 421 g/mol. The Labute approximate surface area is 161 Å². The van der Waals surface area contributed by atoms with Crippen LogP contribution in [0.4, 0.5) is 4.79 Å². The second-order valence-corrected chi connectivity index (χ2v) is 8.44. The maximum Gasteiger partial charge on any atom is 0.408 e. The van der Waals surface area contributed by atoms with Crippen molar-refractivity contribution in [3.05, 3.63) is 11.3 Å². The van der Waals surface area contributed by atoms with Crippen LogP contribution in [-0.4, -0.2) is 68.9 Å². The third-order valence-electron chi connectivity index (χ3n) is 3.15. The minimum atomic E-state index is -1.78. The highest BCUT2D eigenvalue weighted by Crippen LogP contribution is 2.40. The standard InChI is InChI=1S/C12H12Cl3N3O6S/c1-23-16-2-5-3-25-9-6(8(19)18(9)7(5)10(20)21)17-11(22)24-4-12(13,14)15/h2,6,9H,3-4H2,1H3,(H,17,22)(H,20,21)/t6-,9+/m1/s1. The Morgan fingerprint density at radius 3 is 2.76 bits per heavy atom. The van der Waals surface area contributed by atoms with E-state index in [2.05, 4.69) is 15.3 Å². The van der Waals surface area contributed by atoms with Gasteiger partial charge in [0.05, 0.1) is 6.21 Å². The molecule has 2 amide bonds. The third-order valence-corrected chi connectivity index (χ3v) is 4.78. The first-order chi connectivity index (χ1) is 11.7. The molecule has 2 N–H and O–H groups in total. The average molecular weight is 433 g/mol. The first-order valence-electron chi connectivity index (χ1n) is 6.63. The van der Waals surface area contributed by atoms with Gasteiger partial charge in [0.25, 0.3) is 5.91 Å². The van der Waals surface area contributed by atoms with E-state index in [0.29, 0.717) is 5.57 Å². The number of thioether (sulfide) groups is 1. The summed E-state index contributed by atoms with van der Waals surface area (Å²) in [4.78, 5) is 41.0. The van der Waals surface area contributed by atoms with Crippen molar-refractivity contribution < 1.29 is 29.1 Å². The molecule has 0 spiro atoms. The lowest BCUT2D eigenvalue weighted by atomic mass is 10.0. The molecule has 0 aromatic heterocycles. The number of rotatable bonds is 5. The van der Waals surface area contributed by atoms with Crippen molar-refractivity contribution in [2.24, 2.45) is 5.16 Å². The van der Waals surface area contributed by atoms with Crippen molar-refractivity contribution in [1.82, 2.24) is 10.2 Å². The summed E-state index contributed by atoms with van der Waals surface area (Å²) in [7, 11) is 1.31. The van der Waals surface area contributed by atoms with Crippen LogP contribution < -0.4 is 5.32 Å². The van der Waals surface area contributed by atoms with E-state index in [1.54, 1.807) is 0 Å². The fraction of sp³-hybridized carbons (Fsp3) is 0.500. The van der Waals surface area contributed by atoms with Gasteiger partial charge in [-0.25, -0.2) is 9.59 Å². The fourth-order valence-electron chi connectivity index (χ4n) is 2.17. The summed E-state index contributed by atoms with van der Waals surface area (Å²) in [5.41, 5.74) is 0.114. The second-order valence-electron chi connectivity index (χ2n) is 4.82. The lowest BCUT2D eigenvalue weighted by Gasteiger charge is -2.48. The summed E-state index contributed by atoms with van der Waals surface area (Å²) in [6.07, 6.45) is 0.285. The van der Waals surface area contributed by atoms with Crippen LogP contribution in [0, 0.1) is 0 Å². The number of nitrogens with zero attached hydrogens (tertiary/aromatic N) is 2. The normalized spacial score (nSPS) is 23.2. The number of carbonyl (C=O) groups excluding carboxylic acids is 2. The van der Waals surface area contributed by atoms with E-state index in [4.69, 9.17) is 39.5 Å². The Hall–Kier alpha value is -1.36. The van der Waals surface area contributed by atoms with Crippen molar-refractivity contribution >= 4 is 70.7 Å². The number of amides is 2. The number of alkyl halides is 3. The van der Waals surface area contributed by atoms with E-state index in [-0.39, 0.29) is 11.4 Å². The van der Waals surface area contributed by atoms with Gasteiger partial charge >= 0.3 is 12.1 Å². The number of oxime groups is 1. The van der Waals surface area contributed by atoms with Crippen molar-refractivity contribution in [2.45, 2.75) is 15.2 Å². The van der Waals surface area contributed by atoms with Gasteiger partial charge in [-0.15, -0.1) is 11.8 Å². The van der Waals surface area contributed by atoms with Gasteiger partial charge in [0.2, 0.25) is 3.79 Å². The molecule has 2 heterocycles. The summed E-state index contributed by atoms with van der Waals surface area (Å²) >= 11 is 17.7. The number of alkyl carbamates (subject to hydrolysis) is 1. The van der Waals surface area contributed by atoms with E-state index in [0.717, 1.165) is 4.90 Å². The number of carbonyl (C=O) groups is 3. The summed E-state index contributed by atoms with van der Waals surface area (Å²) in [6, 6.07) is -0.942. The molecule has 2 rings (SSSR count). The first-order valence-corrected chi connectivity index (χ1v) is 8.81. The van der Waals surface area contributed by atoms with Gasteiger partial charge in [-0.2, -0.15) is 0 Å². The van der Waals surface area contributed by atoms with Crippen molar-refractivity contribution in [1.29, 1.82) is 0 Å². The minimum Gasteiger partial charge on any atom is -0.477 e. The lowest BCUT2D eigenvalue weighted by molar-refractivity contribution is -0.148. The molecule has 1 saturated heterocycles. The van der Waals surface area contributed by atoms with Crippen LogP contribution in [0.2, 0.25) is 0 Å². The molecule has 0 radical (unpaired) electrons. The molecule has 0 unspecified atom stereocenters. The Morgan fingerprint density at radius 1 is 1.52 bits per heavy atom. The number of halogens is 3. The van der Waals surface area contributed by atoms with Crippen LogP contribution in [0.25, 0.3) is 0 Å². The molecule has 1 fully saturated rings. The number of ether oxygens (including phenoxy) is 1. The number of carboxylic acids is 1. The number of hydrogen-bond donors (Lipinski definition) is 2. The van der Waals surface area contributed by atoms with Crippen molar-refractivity contribution in [3.63, 3.8) is 0 Å². The van der Waals surface area contributed by atoms with E-state index >= 15 is 0 Å². The first kappa shape index (κ1) is 20.0. The molecule has 0 aromatic rings. The van der Waals surface area contributed by atoms with E-state index < -0.39 is 39.8 Å². The number of hydrogen-bond acceptors (Lipinski definition) is 7. The monoisotopic (exact) mass is 431 g/mol. The molecule has 138 valence electrons.